The highest BCUT2D eigenvalue weighted by molar-refractivity contribution is 5.84. The Hall–Kier alpha value is -1.87. The van der Waals surface area contributed by atoms with E-state index in [1.807, 2.05) is 43.3 Å². The van der Waals surface area contributed by atoms with E-state index in [0.717, 1.165) is 29.7 Å². The van der Waals surface area contributed by atoms with E-state index in [1.165, 1.54) is 0 Å². The topological polar surface area (TPSA) is 34.1 Å². The average Bonchev–Trinajstić information content (AvgIpc) is 2.39. The Morgan fingerprint density at radius 1 is 1.39 bits per heavy atom. The van der Waals surface area contributed by atoms with Gasteiger partial charge >= 0.3 is 0 Å². The van der Waals surface area contributed by atoms with Crippen LogP contribution < -0.4 is 10.1 Å². The molecule has 0 aliphatic heterocycles. The summed E-state index contributed by atoms with van der Waals surface area (Å²) in [5.74, 6) is 0.834. The monoisotopic (exact) mass is 242 g/mol. The molecule has 0 spiro atoms. The van der Waals surface area contributed by atoms with Gasteiger partial charge in [-0.2, -0.15) is 0 Å². The first kappa shape index (κ1) is 12.6. The van der Waals surface area contributed by atoms with Gasteiger partial charge in [0.25, 0.3) is 0 Å². The van der Waals surface area contributed by atoms with Gasteiger partial charge in [0, 0.05) is 24.7 Å². The number of nitrogens with zero attached hydrogens (tertiary/aromatic N) is 1. The zero-order valence-electron chi connectivity index (χ0n) is 10.6. The summed E-state index contributed by atoms with van der Waals surface area (Å²) >= 11 is 0. The normalized spacial score (nSPS) is 12.3. The molecule has 0 bridgehead atoms. The van der Waals surface area contributed by atoms with Crippen molar-refractivity contribution in [2.45, 2.75) is 13.0 Å². The molecule has 0 saturated carbocycles. The van der Waals surface area contributed by atoms with Gasteiger partial charge in [0.2, 0.25) is 0 Å². The fourth-order valence-corrected chi connectivity index (χ4v) is 1.82. The van der Waals surface area contributed by atoms with Crippen LogP contribution >= 0.6 is 0 Å². The molecular formula is C15H18N2O. The molecular weight excluding hydrogens is 224 g/mol. The minimum Gasteiger partial charge on any atom is -0.487 e. The standard InChI is InChI=1S/C15H18N2O/c1-3-9-16-11-12(2)18-14-8-4-6-13-7-5-10-17-15(13)14/h3-8,10,12,16H,1,9,11H2,2H3. The van der Waals surface area contributed by atoms with Crippen molar-refractivity contribution in [2.75, 3.05) is 13.1 Å². The molecule has 0 aliphatic carbocycles. The molecule has 0 aliphatic rings. The van der Waals surface area contributed by atoms with Crippen molar-refractivity contribution in [1.82, 2.24) is 10.3 Å². The number of hydrogen-bond donors (Lipinski definition) is 1. The first-order chi connectivity index (χ1) is 8.81. The Morgan fingerprint density at radius 2 is 2.22 bits per heavy atom. The number of ether oxygens (including phenoxy) is 1. The summed E-state index contributed by atoms with van der Waals surface area (Å²) in [5.41, 5.74) is 0.913. The van der Waals surface area contributed by atoms with Crippen molar-refractivity contribution in [2.24, 2.45) is 0 Å². The lowest BCUT2D eigenvalue weighted by Crippen LogP contribution is -2.29. The number of benzene rings is 1. The summed E-state index contributed by atoms with van der Waals surface area (Å²) < 4.78 is 5.91. The van der Waals surface area contributed by atoms with E-state index >= 15 is 0 Å². The minimum atomic E-state index is 0.0950. The Kier molecular flexibility index (Phi) is 4.31. The molecule has 1 N–H and O–H groups in total. The van der Waals surface area contributed by atoms with Crippen molar-refractivity contribution in [3.8, 4) is 5.75 Å². The molecule has 0 radical (unpaired) electrons. The number of hydrogen-bond acceptors (Lipinski definition) is 3. The van der Waals surface area contributed by atoms with Gasteiger partial charge in [0.15, 0.2) is 0 Å². The predicted molar refractivity (Wildman–Crippen MR) is 74.9 cm³/mol. The van der Waals surface area contributed by atoms with Gasteiger partial charge in [0.1, 0.15) is 17.4 Å². The third kappa shape index (κ3) is 3.08. The second-order valence-electron chi connectivity index (χ2n) is 4.21. The number of nitrogens with one attached hydrogen (secondary N) is 1. The molecule has 0 amide bonds. The number of aromatic nitrogens is 1. The van der Waals surface area contributed by atoms with Crippen LogP contribution in [0.5, 0.6) is 5.75 Å². The molecule has 3 heteroatoms. The van der Waals surface area contributed by atoms with Crippen LogP contribution in [-0.4, -0.2) is 24.2 Å². The Labute approximate surface area is 107 Å². The molecule has 1 aromatic heterocycles. The first-order valence-corrected chi connectivity index (χ1v) is 6.13. The van der Waals surface area contributed by atoms with Crippen LogP contribution in [0.2, 0.25) is 0 Å². The van der Waals surface area contributed by atoms with Crippen molar-refractivity contribution in [1.29, 1.82) is 0 Å². The fourth-order valence-electron chi connectivity index (χ4n) is 1.82. The maximum Gasteiger partial charge on any atom is 0.145 e. The maximum atomic E-state index is 5.91. The van der Waals surface area contributed by atoms with E-state index in [2.05, 4.69) is 16.9 Å². The molecule has 18 heavy (non-hydrogen) atoms. The number of rotatable bonds is 6. The largest absolute Gasteiger partial charge is 0.487 e. The Morgan fingerprint density at radius 3 is 3.06 bits per heavy atom. The quantitative estimate of drug-likeness (QED) is 0.624. The van der Waals surface area contributed by atoms with E-state index in [1.54, 1.807) is 6.20 Å². The lowest BCUT2D eigenvalue weighted by atomic mass is 10.2. The lowest BCUT2D eigenvalue weighted by molar-refractivity contribution is 0.221. The summed E-state index contributed by atoms with van der Waals surface area (Å²) in [7, 11) is 0. The van der Waals surface area contributed by atoms with Crippen LogP contribution in [0.1, 0.15) is 6.92 Å². The highest BCUT2D eigenvalue weighted by atomic mass is 16.5. The summed E-state index contributed by atoms with van der Waals surface area (Å²) in [6.07, 6.45) is 3.72. The van der Waals surface area contributed by atoms with E-state index in [-0.39, 0.29) is 6.10 Å². The molecule has 2 aromatic rings. The zero-order valence-corrected chi connectivity index (χ0v) is 10.6. The summed E-state index contributed by atoms with van der Waals surface area (Å²) in [5, 5.41) is 4.34. The zero-order chi connectivity index (χ0) is 12.8. The van der Waals surface area contributed by atoms with Gasteiger partial charge < -0.3 is 10.1 Å². The van der Waals surface area contributed by atoms with Crippen LogP contribution in [0.25, 0.3) is 10.9 Å². The molecule has 1 heterocycles. The van der Waals surface area contributed by atoms with Gasteiger partial charge in [-0.3, -0.25) is 4.98 Å². The average molecular weight is 242 g/mol. The molecule has 1 atom stereocenters. The highest BCUT2D eigenvalue weighted by Crippen LogP contribution is 2.23. The van der Waals surface area contributed by atoms with Crippen molar-refractivity contribution in [3.05, 3.63) is 49.2 Å². The second-order valence-corrected chi connectivity index (χ2v) is 4.21. The molecule has 94 valence electrons. The Balaban J connectivity index is 2.09. The number of para-hydroxylation sites is 1. The number of pyridine rings is 1. The number of fused-ring (bicyclic) bond motifs is 1. The Bertz CT molecular complexity index is 519. The SMILES string of the molecule is C=CCNCC(C)Oc1cccc2cccnc12. The van der Waals surface area contributed by atoms with Crippen molar-refractivity contribution < 1.29 is 4.74 Å². The lowest BCUT2D eigenvalue weighted by Gasteiger charge is -2.16. The van der Waals surface area contributed by atoms with E-state index in [9.17, 15) is 0 Å². The fraction of sp³-hybridized carbons (Fsp3) is 0.267. The second kappa shape index (κ2) is 6.17. The minimum absolute atomic E-state index is 0.0950. The third-order valence-electron chi connectivity index (χ3n) is 2.64. The molecule has 1 aromatic carbocycles. The third-order valence-corrected chi connectivity index (χ3v) is 2.64. The molecule has 1 unspecified atom stereocenters. The molecule has 0 saturated heterocycles. The summed E-state index contributed by atoms with van der Waals surface area (Å²) in [6, 6.07) is 9.95. The van der Waals surface area contributed by atoms with Crippen molar-refractivity contribution in [3.63, 3.8) is 0 Å². The van der Waals surface area contributed by atoms with Crippen LogP contribution in [0.15, 0.2) is 49.2 Å². The van der Waals surface area contributed by atoms with Gasteiger partial charge in [0.05, 0.1) is 0 Å². The maximum absolute atomic E-state index is 5.91. The van der Waals surface area contributed by atoms with Gasteiger partial charge in [-0.25, -0.2) is 0 Å². The van der Waals surface area contributed by atoms with Gasteiger partial charge in [-0.1, -0.05) is 24.3 Å². The van der Waals surface area contributed by atoms with Crippen LogP contribution in [0.3, 0.4) is 0 Å². The molecule has 2 rings (SSSR count). The van der Waals surface area contributed by atoms with E-state index in [0.29, 0.717) is 0 Å². The van der Waals surface area contributed by atoms with Crippen molar-refractivity contribution >= 4 is 10.9 Å². The predicted octanol–water partition coefficient (Wildman–Crippen LogP) is 2.78. The van der Waals surface area contributed by atoms with Gasteiger partial charge in [-0.05, 0) is 19.1 Å². The van der Waals surface area contributed by atoms with Crippen LogP contribution in [0, 0.1) is 0 Å². The molecule has 0 fully saturated rings. The first-order valence-electron chi connectivity index (χ1n) is 6.13. The van der Waals surface area contributed by atoms with E-state index in [4.69, 9.17) is 4.74 Å². The summed E-state index contributed by atoms with van der Waals surface area (Å²) in [4.78, 5) is 4.37. The van der Waals surface area contributed by atoms with Crippen LogP contribution in [0.4, 0.5) is 0 Å². The van der Waals surface area contributed by atoms with Gasteiger partial charge in [-0.15, -0.1) is 6.58 Å². The van der Waals surface area contributed by atoms with E-state index < -0.39 is 0 Å². The van der Waals surface area contributed by atoms with Crippen LogP contribution in [-0.2, 0) is 0 Å². The molecule has 3 nitrogen and oxygen atoms in total. The summed E-state index contributed by atoms with van der Waals surface area (Å²) in [6.45, 7) is 7.29. The smallest absolute Gasteiger partial charge is 0.145 e. The highest BCUT2D eigenvalue weighted by Gasteiger charge is 2.07.